The summed E-state index contributed by atoms with van der Waals surface area (Å²) in [5.74, 6) is 0.224. The van der Waals surface area contributed by atoms with Gasteiger partial charge >= 0.3 is 6.18 Å². The largest absolute Gasteiger partial charge is 0.493 e. The summed E-state index contributed by atoms with van der Waals surface area (Å²) in [5, 5.41) is 2.61. The van der Waals surface area contributed by atoms with Crippen LogP contribution in [0.25, 0.3) is 0 Å². The van der Waals surface area contributed by atoms with Crippen molar-refractivity contribution in [2.45, 2.75) is 19.5 Å². The van der Waals surface area contributed by atoms with Crippen molar-refractivity contribution in [2.24, 2.45) is 0 Å². The fraction of sp³-hybridized carbons (Fsp3) is 0.381. The molecule has 1 fully saturated rings. The Morgan fingerprint density at radius 2 is 1.83 bits per heavy atom. The van der Waals surface area contributed by atoms with Crippen LogP contribution in [0.15, 0.2) is 42.5 Å². The molecule has 1 amide bonds. The van der Waals surface area contributed by atoms with E-state index in [1.54, 1.807) is 12.1 Å². The smallest absolute Gasteiger partial charge is 0.416 e. The maximum absolute atomic E-state index is 13.1. The van der Waals surface area contributed by atoms with E-state index in [9.17, 15) is 18.0 Å². The summed E-state index contributed by atoms with van der Waals surface area (Å²) < 4.78 is 50.2. The molecule has 2 aromatic rings. The Balaban J connectivity index is 1.67. The molecule has 0 atom stereocenters. The fourth-order valence-corrected chi connectivity index (χ4v) is 3.00. The molecule has 0 spiro atoms. The van der Waals surface area contributed by atoms with Crippen molar-refractivity contribution >= 4 is 17.3 Å². The van der Waals surface area contributed by atoms with Crippen LogP contribution in [0.1, 0.15) is 17.5 Å². The van der Waals surface area contributed by atoms with E-state index in [1.807, 2.05) is 24.0 Å². The number of hydrogen-bond donors (Lipinski definition) is 1. The van der Waals surface area contributed by atoms with Crippen molar-refractivity contribution in [1.29, 1.82) is 0 Å². The summed E-state index contributed by atoms with van der Waals surface area (Å²) in [7, 11) is 0. The first-order valence-electron chi connectivity index (χ1n) is 9.36. The third kappa shape index (κ3) is 5.87. The number of ether oxygens (including phenoxy) is 2. The summed E-state index contributed by atoms with van der Waals surface area (Å²) in [6.07, 6.45) is -4.47. The van der Waals surface area contributed by atoms with E-state index in [0.29, 0.717) is 37.7 Å². The number of nitrogens with zero attached hydrogens (tertiary/aromatic N) is 1. The molecule has 2 aromatic carbocycles. The first kappa shape index (κ1) is 21.0. The molecule has 29 heavy (non-hydrogen) atoms. The highest BCUT2D eigenvalue weighted by atomic mass is 19.4. The van der Waals surface area contributed by atoms with Gasteiger partial charge in [0.2, 0.25) is 5.91 Å². The summed E-state index contributed by atoms with van der Waals surface area (Å²) in [6.45, 7) is 4.15. The maximum atomic E-state index is 13.1. The Kier molecular flexibility index (Phi) is 6.64. The van der Waals surface area contributed by atoms with E-state index >= 15 is 0 Å². The number of morpholine rings is 1. The molecule has 0 bridgehead atoms. The summed E-state index contributed by atoms with van der Waals surface area (Å²) in [5.41, 5.74) is 0.979. The zero-order chi connectivity index (χ0) is 20.9. The number of benzene rings is 2. The summed E-state index contributed by atoms with van der Waals surface area (Å²) in [6, 6.07) is 10.8. The second-order valence-corrected chi connectivity index (χ2v) is 6.79. The molecule has 0 aliphatic carbocycles. The van der Waals surface area contributed by atoms with Crippen LogP contribution in [-0.4, -0.2) is 38.8 Å². The fourth-order valence-electron chi connectivity index (χ4n) is 3.00. The number of nitrogens with one attached hydrogen (secondary N) is 1. The molecule has 8 heteroatoms. The molecule has 0 aromatic heterocycles. The molecule has 1 aliphatic heterocycles. The van der Waals surface area contributed by atoms with Gasteiger partial charge < -0.3 is 19.7 Å². The molecule has 1 N–H and O–H groups in total. The van der Waals surface area contributed by atoms with E-state index in [4.69, 9.17) is 9.47 Å². The highest BCUT2D eigenvalue weighted by Crippen LogP contribution is 2.35. The molecule has 0 saturated carbocycles. The molecule has 0 unspecified atom stereocenters. The lowest BCUT2D eigenvalue weighted by molar-refractivity contribution is -0.137. The Bertz CT molecular complexity index is 832. The predicted molar refractivity (Wildman–Crippen MR) is 104 cm³/mol. The van der Waals surface area contributed by atoms with Crippen molar-refractivity contribution in [1.82, 2.24) is 0 Å². The Morgan fingerprint density at radius 3 is 2.48 bits per heavy atom. The number of aryl methyl sites for hydroxylation is 1. The van der Waals surface area contributed by atoms with Crippen LogP contribution in [0.4, 0.5) is 24.5 Å². The Hall–Kier alpha value is -2.74. The number of hydrogen-bond acceptors (Lipinski definition) is 4. The number of rotatable bonds is 6. The van der Waals surface area contributed by atoms with Crippen molar-refractivity contribution in [3.63, 3.8) is 0 Å². The van der Waals surface area contributed by atoms with E-state index in [-0.39, 0.29) is 18.7 Å². The molecule has 1 saturated heterocycles. The second kappa shape index (κ2) is 9.17. The number of carbonyl (C=O) groups excluding carboxylic acids is 1. The topological polar surface area (TPSA) is 50.8 Å². The minimum atomic E-state index is -4.49. The standard InChI is InChI=1S/C21H23F3N2O3/c1-15-2-5-17(6-3-15)29-11-8-20(27)25-18-14-16(21(22,23)24)4-7-19(18)26-9-12-28-13-10-26/h2-7,14H,8-13H2,1H3,(H,25,27). The van der Waals surface area contributed by atoms with Gasteiger partial charge in [-0.3, -0.25) is 4.79 Å². The van der Waals surface area contributed by atoms with Crippen LogP contribution in [0, 0.1) is 6.92 Å². The second-order valence-electron chi connectivity index (χ2n) is 6.79. The average Bonchev–Trinajstić information content (AvgIpc) is 2.69. The molecule has 1 aliphatic rings. The third-order valence-electron chi connectivity index (χ3n) is 4.57. The lowest BCUT2D eigenvalue weighted by Gasteiger charge is -2.31. The third-order valence-corrected chi connectivity index (χ3v) is 4.57. The van der Waals surface area contributed by atoms with Gasteiger partial charge in [0.25, 0.3) is 0 Å². The Morgan fingerprint density at radius 1 is 1.14 bits per heavy atom. The molecule has 0 radical (unpaired) electrons. The van der Waals surface area contributed by atoms with Gasteiger partial charge in [0.05, 0.1) is 43.2 Å². The van der Waals surface area contributed by atoms with Crippen molar-refractivity contribution in [3.05, 3.63) is 53.6 Å². The minimum Gasteiger partial charge on any atom is -0.493 e. The quantitative estimate of drug-likeness (QED) is 0.776. The molecule has 156 valence electrons. The van der Waals surface area contributed by atoms with Crippen LogP contribution in [0.5, 0.6) is 5.75 Å². The van der Waals surface area contributed by atoms with Gasteiger partial charge in [0.1, 0.15) is 5.75 Å². The van der Waals surface area contributed by atoms with Crippen LogP contribution >= 0.6 is 0 Å². The van der Waals surface area contributed by atoms with Crippen molar-refractivity contribution in [2.75, 3.05) is 43.1 Å². The van der Waals surface area contributed by atoms with Crippen molar-refractivity contribution in [3.8, 4) is 5.75 Å². The lowest BCUT2D eigenvalue weighted by atomic mass is 10.1. The van der Waals surface area contributed by atoms with E-state index in [0.717, 1.165) is 17.7 Å². The number of carbonyl (C=O) groups is 1. The molecular weight excluding hydrogens is 385 g/mol. The summed E-state index contributed by atoms with van der Waals surface area (Å²) >= 11 is 0. The van der Waals surface area contributed by atoms with Gasteiger partial charge in [0.15, 0.2) is 0 Å². The van der Waals surface area contributed by atoms with Gasteiger partial charge in [-0.1, -0.05) is 17.7 Å². The molecular formula is C21H23F3N2O3. The van der Waals surface area contributed by atoms with Gasteiger partial charge in [-0.05, 0) is 37.3 Å². The van der Waals surface area contributed by atoms with Gasteiger partial charge in [-0.15, -0.1) is 0 Å². The van der Waals surface area contributed by atoms with Crippen molar-refractivity contribution < 1.29 is 27.4 Å². The lowest BCUT2D eigenvalue weighted by Crippen LogP contribution is -2.37. The maximum Gasteiger partial charge on any atom is 0.416 e. The van der Waals surface area contributed by atoms with Gasteiger partial charge in [-0.25, -0.2) is 0 Å². The first-order chi connectivity index (χ1) is 13.8. The highest BCUT2D eigenvalue weighted by Gasteiger charge is 2.31. The zero-order valence-electron chi connectivity index (χ0n) is 16.1. The minimum absolute atomic E-state index is 0.0205. The van der Waals surface area contributed by atoms with Crippen LogP contribution in [0.3, 0.4) is 0 Å². The number of alkyl halides is 3. The normalized spacial score (nSPS) is 14.6. The first-order valence-corrected chi connectivity index (χ1v) is 9.36. The van der Waals surface area contributed by atoms with E-state index < -0.39 is 17.6 Å². The molecule has 5 nitrogen and oxygen atoms in total. The number of halogens is 3. The van der Waals surface area contributed by atoms with E-state index in [1.165, 1.54) is 6.07 Å². The molecule has 1 heterocycles. The number of anilines is 2. The van der Waals surface area contributed by atoms with E-state index in [2.05, 4.69) is 5.32 Å². The predicted octanol–water partition coefficient (Wildman–Crippen LogP) is 4.26. The average molecular weight is 408 g/mol. The Labute approximate surface area is 167 Å². The van der Waals surface area contributed by atoms with Gasteiger partial charge in [-0.2, -0.15) is 13.2 Å². The molecule has 3 rings (SSSR count). The van der Waals surface area contributed by atoms with Crippen LogP contribution in [0.2, 0.25) is 0 Å². The van der Waals surface area contributed by atoms with Crippen LogP contribution < -0.4 is 15.0 Å². The zero-order valence-corrected chi connectivity index (χ0v) is 16.1. The highest BCUT2D eigenvalue weighted by molar-refractivity contribution is 5.94. The monoisotopic (exact) mass is 408 g/mol. The van der Waals surface area contributed by atoms with Gasteiger partial charge in [0, 0.05) is 13.1 Å². The SMILES string of the molecule is Cc1ccc(OCCC(=O)Nc2cc(C(F)(F)F)ccc2N2CCOCC2)cc1. The summed E-state index contributed by atoms with van der Waals surface area (Å²) in [4.78, 5) is 14.2. The number of amides is 1. The van der Waals surface area contributed by atoms with Crippen LogP contribution in [-0.2, 0) is 15.7 Å².